The minimum Gasteiger partial charge on any atom is -0.475 e. The lowest BCUT2D eigenvalue weighted by atomic mass is 9.95. The van der Waals surface area contributed by atoms with E-state index in [0.29, 0.717) is 5.56 Å². The lowest BCUT2D eigenvalue weighted by molar-refractivity contribution is -0.386. The lowest BCUT2D eigenvalue weighted by Gasteiger charge is -2.14. The van der Waals surface area contributed by atoms with E-state index in [9.17, 15) is 18.0 Å². The van der Waals surface area contributed by atoms with Crippen molar-refractivity contribution in [3.8, 4) is 33.6 Å². The Hall–Kier alpha value is -5.13. The number of aromatic nitrogens is 2. The zero-order valence-corrected chi connectivity index (χ0v) is 22.8. The van der Waals surface area contributed by atoms with Crippen molar-refractivity contribution in [3.63, 3.8) is 0 Å². The Kier molecular flexibility index (Phi) is 9.81. The first-order valence-corrected chi connectivity index (χ1v) is 13.2. The van der Waals surface area contributed by atoms with E-state index in [1.807, 2.05) is 36.4 Å². The van der Waals surface area contributed by atoms with E-state index in [0.717, 1.165) is 51.1 Å². The molecule has 0 spiro atoms. The number of benzene rings is 3. The normalized spacial score (nSPS) is 11.0. The van der Waals surface area contributed by atoms with Crippen molar-refractivity contribution in [1.82, 2.24) is 15.3 Å². The van der Waals surface area contributed by atoms with E-state index in [2.05, 4.69) is 58.5 Å². The molecule has 0 saturated heterocycles. The van der Waals surface area contributed by atoms with Crippen molar-refractivity contribution in [2.24, 2.45) is 0 Å². The highest BCUT2D eigenvalue weighted by molar-refractivity contribution is 5.99. The molecule has 0 aliphatic carbocycles. The van der Waals surface area contributed by atoms with E-state index in [4.69, 9.17) is 20.0 Å². The molecule has 2 heterocycles. The topological polar surface area (TPSA) is 140 Å². The van der Waals surface area contributed by atoms with Gasteiger partial charge in [-0.3, -0.25) is 9.78 Å². The Balaban J connectivity index is 0.000000541. The first-order chi connectivity index (χ1) is 20.6. The number of pyridine rings is 2. The highest BCUT2D eigenvalue weighted by Crippen LogP contribution is 2.36. The number of aliphatic carboxylic acids is 1. The number of carbonyl (C=O) groups is 2. The van der Waals surface area contributed by atoms with Crippen LogP contribution in [0, 0.1) is 0 Å². The second-order valence-corrected chi connectivity index (χ2v) is 9.28. The molecule has 6 N–H and O–H groups in total. The van der Waals surface area contributed by atoms with Crippen LogP contribution in [0.3, 0.4) is 0 Å². The number of rotatable bonds is 7. The molecule has 3 aromatic carbocycles. The summed E-state index contributed by atoms with van der Waals surface area (Å²) in [6, 6.07) is 30.0. The Labute approximate surface area is 244 Å². The van der Waals surface area contributed by atoms with Crippen molar-refractivity contribution in [2.45, 2.75) is 12.7 Å². The zero-order chi connectivity index (χ0) is 31.0. The first-order valence-electron chi connectivity index (χ1n) is 13.2. The number of carboxylic acids is 1. The SMILES string of the molecule is O=C(O)C(F)(F)F.[NH3+]Cc1ccc(-c2nc3ccnc(-c4ccc(C(=O)NCCO)cc4)c3cc2-c2ccccc2)cc1. The van der Waals surface area contributed by atoms with Crippen LogP contribution in [0.4, 0.5) is 13.2 Å². The van der Waals surface area contributed by atoms with Gasteiger partial charge in [0, 0.05) is 45.9 Å². The average molecular weight is 590 g/mol. The molecule has 0 aliphatic heterocycles. The zero-order valence-electron chi connectivity index (χ0n) is 22.8. The van der Waals surface area contributed by atoms with Gasteiger partial charge in [-0.05, 0) is 29.8 Å². The van der Waals surface area contributed by atoms with Gasteiger partial charge < -0.3 is 21.3 Å². The van der Waals surface area contributed by atoms with Gasteiger partial charge in [0.05, 0.1) is 30.1 Å². The predicted molar refractivity (Wildman–Crippen MR) is 156 cm³/mol. The van der Waals surface area contributed by atoms with Gasteiger partial charge >= 0.3 is 12.1 Å². The van der Waals surface area contributed by atoms with Gasteiger partial charge in [0.2, 0.25) is 0 Å². The maximum atomic E-state index is 12.2. The van der Waals surface area contributed by atoms with Gasteiger partial charge in [-0.2, -0.15) is 13.2 Å². The van der Waals surface area contributed by atoms with Crippen LogP contribution in [-0.2, 0) is 11.3 Å². The summed E-state index contributed by atoms with van der Waals surface area (Å²) >= 11 is 0. The summed E-state index contributed by atoms with van der Waals surface area (Å²) in [7, 11) is 0. The molecule has 2 aromatic heterocycles. The van der Waals surface area contributed by atoms with Gasteiger partial charge in [-0.25, -0.2) is 9.78 Å². The second kappa shape index (κ2) is 13.7. The molecule has 5 rings (SSSR count). The quantitative estimate of drug-likeness (QED) is 0.217. The highest BCUT2D eigenvalue weighted by Gasteiger charge is 2.38. The van der Waals surface area contributed by atoms with Gasteiger partial charge in [0.15, 0.2) is 0 Å². The van der Waals surface area contributed by atoms with Gasteiger partial charge in [0.1, 0.15) is 0 Å². The summed E-state index contributed by atoms with van der Waals surface area (Å²) in [5, 5.41) is 19.7. The van der Waals surface area contributed by atoms with Crippen molar-refractivity contribution < 1.29 is 38.7 Å². The van der Waals surface area contributed by atoms with Crippen LogP contribution in [0.5, 0.6) is 0 Å². The molecule has 1 amide bonds. The van der Waals surface area contributed by atoms with E-state index in [1.54, 1.807) is 18.3 Å². The molecule has 0 fully saturated rings. The van der Waals surface area contributed by atoms with Crippen LogP contribution in [0.15, 0.2) is 97.2 Å². The van der Waals surface area contributed by atoms with Crippen LogP contribution in [0.25, 0.3) is 44.5 Å². The van der Waals surface area contributed by atoms with Gasteiger partial charge in [-0.1, -0.05) is 66.7 Å². The number of nitrogens with zero attached hydrogens (tertiary/aromatic N) is 2. The fourth-order valence-electron chi connectivity index (χ4n) is 4.26. The molecule has 0 unspecified atom stereocenters. The lowest BCUT2D eigenvalue weighted by Crippen LogP contribution is -2.47. The van der Waals surface area contributed by atoms with Gasteiger partial charge in [-0.15, -0.1) is 0 Å². The van der Waals surface area contributed by atoms with Crippen molar-refractivity contribution in [2.75, 3.05) is 13.2 Å². The highest BCUT2D eigenvalue weighted by atomic mass is 19.4. The van der Waals surface area contributed by atoms with Crippen LogP contribution in [0.1, 0.15) is 15.9 Å². The third-order valence-corrected chi connectivity index (χ3v) is 6.40. The number of quaternary nitrogens is 1. The van der Waals surface area contributed by atoms with Crippen LogP contribution < -0.4 is 11.1 Å². The standard InChI is InChI=1S/C30H26N4O2.C2HF3O2/c31-19-20-6-8-23(9-7-20)29-25(21-4-2-1-3-5-21)18-26-27(34-29)14-15-32-28(26)22-10-12-24(13-11-22)30(36)33-16-17-35;3-2(4,5)1(6)7/h1-15,18,35H,16-17,19,31H2,(H,33,36);(H,6,7)/p+1. The third-order valence-electron chi connectivity index (χ3n) is 6.40. The summed E-state index contributed by atoms with van der Waals surface area (Å²) in [6.45, 7) is 0.871. The number of aliphatic hydroxyl groups excluding tert-OH is 1. The number of amides is 1. The fourth-order valence-corrected chi connectivity index (χ4v) is 4.26. The number of carboxylic acid groups (broad SMARTS) is 1. The maximum absolute atomic E-state index is 12.2. The summed E-state index contributed by atoms with van der Waals surface area (Å²) < 4.78 is 31.7. The Morgan fingerprint density at radius 1 is 0.837 bits per heavy atom. The average Bonchev–Trinajstić information content (AvgIpc) is 3.03. The molecular formula is C32H28F3N4O4+. The summed E-state index contributed by atoms with van der Waals surface area (Å²) in [4.78, 5) is 30.9. The van der Waals surface area contributed by atoms with Crippen LogP contribution >= 0.6 is 0 Å². The molecule has 0 atom stereocenters. The van der Waals surface area contributed by atoms with Crippen molar-refractivity contribution in [3.05, 3.63) is 108 Å². The monoisotopic (exact) mass is 589 g/mol. The van der Waals surface area contributed by atoms with E-state index in [-0.39, 0.29) is 19.1 Å². The van der Waals surface area contributed by atoms with Crippen LogP contribution in [0.2, 0.25) is 0 Å². The molecule has 0 saturated carbocycles. The molecule has 0 radical (unpaired) electrons. The molecule has 220 valence electrons. The van der Waals surface area contributed by atoms with Crippen LogP contribution in [-0.4, -0.2) is 51.4 Å². The van der Waals surface area contributed by atoms with Crippen molar-refractivity contribution >= 4 is 22.8 Å². The molecule has 8 nitrogen and oxygen atoms in total. The largest absolute Gasteiger partial charge is 0.490 e. The Morgan fingerprint density at radius 2 is 1.44 bits per heavy atom. The molecule has 43 heavy (non-hydrogen) atoms. The number of alkyl halides is 3. The third kappa shape index (κ3) is 7.59. The smallest absolute Gasteiger partial charge is 0.475 e. The number of hydrogen-bond acceptors (Lipinski definition) is 5. The number of fused-ring (bicyclic) bond motifs is 1. The van der Waals surface area contributed by atoms with E-state index < -0.39 is 12.1 Å². The minimum atomic E-state index is -5.08. The minimum absolute atomic E-state index is 0.0948. The predicted octanol–water partition coefficient (Wildman–Crippen LogP) is 4.73. The number of nitrogens with one attached hydrogen (secondary N) is 1. The second-order valence-electron chi connectivity index (χ2n) is 9.28. The fraction of sp³-hybridized carbons (Fsp3) is 0.125. The summed E-state index contributed by atoms with van der Waals surface area (Å²) in [6.07, 6.45) is -3.32. The van der Waals surface area contributed by atoms with E-state index >= 15 is 0 Å². The molecule has 5 aromatic rings. The number of halogens is 3. The Bertz CT molecular complexity index is 1710. The number of hydrogen-bond donors (Lipinski definition) is 4. The van der Waals surface area contributed by atoms with Crippen molar-refractivity contribution in [1.29, 1.82) is 0 Å². The maximum Gasteiger partial charge on any atom is 0.490 e. The molecule has 11 heteroatoms. The molecule has 0 bridgehead atoms. The molecule has 0 aliphatic rings. The Morgan fingerprint density at radius 3 is 2.02 bits per heavy atom. The van der Waals surface area contributed by atoms with E-state index in [1.165, 1.54) is 5.56 Å². The molecular weight excluding hydrogens is 561 g/mol. The summed E-state index contributed by atoms with van der Waals surface area (Å²) in [5.41, 5.74) is 12.3. The number of carbonyl (C=O) groups excluding carboxylic acids is 1. The van der Waals surface area contributed by atoms with Gasteiger partial charge in [0.25, 0.3) is 5.91 Å². The number of aliphatic hydroxyl groups is 1. The summed E-state index contributed by atoms with van der Waals surface area (Å²) in [5.74, 6) is -2.98. The first kappa shape index (κ1) is 30.8.